The Bertz CT molecular complexity index is 546. The zero-order valence-electron chi connectivity index (χ0n) is 11.2. The lowest BCUT2D eigenvalue weighted by atomic mass is 10.2. The van der Waals surface area contributed by atoms with Crippen molar-refractivity contribution in [2.45, 2.75) is 18.6 Å². The molecule has 0 saturated carbocycles. The first-order chi connectivity index (χ1) is 9.99. The molecule has 2 atom stereocenters. The van der Waals surface area contributed by atoms with Crippen LogP contribution in [-0.4, -0.2) is 58.1 Å². The number of hydrogen-bond acceptors (Lipinski definition) is 4. The average molecular weight is 292 g/mol. The van der Waals surface area contributed by atoms with Gasteiger partial charge in [0.05, 0.1) is 12.6 Å². The number of likely N-dealkylation sites (tertiary alicyclic amines) is 1. The van der Waals surface area contributed by atoms with Crippen LogP contribution in [0.2, 0.25) is 0 Å². The predicted octanol–water partition coefficient (Wildman–Crippen LogP) is -0.537. The van der Waals surface area contributed by atoms with Crippen LogP contribution in [-0.2, 0) is 9.59 Å². The van der Waals surface area contributed by atoms with Crippen molar-refractivity contribution >= 4 is 17.8 Å². The number of aliphatic carboxylic acids is 1. The molecule has 21 heavy (non-hydrogen) atoms. The summed E-state index contributed by atoms with van der Waals surface area (Å²) in [6, 6.07) is 7.35. The number of nitrogens with one attached hydrogen (secondary N) is 1. The van der Waals surface area contributed by atoms with Crippen LogP contribution < -0.4 is 5.32 Å². The molecule has 1 aromatic rings. The highest BCUT2D eigenvalue weighted by atomic mass is 16.4. The number of rotatable bonds is 4. The van der Waals surface area contributed by atoms with Crippen LogP contribution in [0.25, 0.3) is 0 Å². The average Bonchev–Trinajstić information content (AvgIpc) is 2.87. The molecule has 1 heterocycles. The van der Waals surface area contributed by atoms with E-state index in [1.54, 1.807) is 30.3 Å². The number of carboxylic acids is 1. The lowest BCUT2D eigenvalue weighted by molar-refractivity contribution is -0.147. The second kappa shape index (κ2) is 6.36. The summed E-state index contributed by atoms with van der Waals surface area (Å²) in [5.41, 5.74) is 0.418. The molecule has 0 radical (unpaired) electrons. The summed E-state index contributed by atoms with van der Waals surface area (Å²) in [5.74, 6) is -2.09. The molecule has 1 saturated heterocycles. The third-order valence-corrected chi connectivity index (χ3v) is 3.32. The van der Waals surface area contributed by atoms with Gasteiger partial charge in [-0.3, -0.25) is 9.59 Å². The topological polar surface area (TPSA) is 107 Å². The smallest absolute Gasteiger partial charge is 0.326 e. The van der Waals surface area contributed by atoms with E-state index in [1.165, 1.54) is 0 Å². The summed E-state index contributed by atoms with van der Waals surface area (Å²) < 4.78 is 0. The Morgan fingerprint density at radius 2 is 1.90 bits per heavy atom. The van der Waals surface area contributed by atoms with Crippen LogP contribution in [0, 0.1) is 0 Å². The van der Waals surface area contributed by atoms with Gasteiger partial charge >= 0.3 is 5.97 Å². The molecule has 1 aliphatic heterocycles. The number of aliphatic hydroxyl groups excluding tert-OH is 1. The van der Waals surface area contributed by atoms with Crippen LogP contribution >= 0.6 is 0 Å². The lowest BCUT2D eigenvalue weighted by Crippen LogP contribution is -2.45. The number of hydrogen-bond donors (Lipinski definition) is 3. The van der Waals surface area contributed by atoms with Gasteiger partial charge in [0, 0.05) is 18.5 Å². The van der Waals surface area contributed by atoms with Crippen molar-refractivity contribution in [3.05, 3.63) is 35.9 Å². The molecule has 0 aromatic heterocycles. The molecule has 1 fully saturated rings. The van der Waals surface area contributed by atoms with Gasteiger partial charge in [-0.25, -0.2) is 4.79 Å². The quantitative estimate of drug-likeness (QED) is 0.691. The molecule has 0 bridgehead atoms. The minimum absolute atomic E-state index is 0.00764. The van der Waals surface area contributed by atoms with Crippen molar-refractivity contribution in [2.75, 3.05) is 13.1 Å². The molecule has 7 heteroatoms. The highest BCUT2D eigenvalue weighted by Gasteiger charge is 2.38. The van der Waals surface area contributed by atoms with Crippen molar-refractivity contribution < 1.29 is 24.6 Å². The Morgan fingerprint density at radius 1 is 1.24 bits per heavy atom. The zero-order valence-corrected chi connectivity index (χ0v) is 11.2. The van der Waals surface area contributed by atoms with Gasteiger partial charge in [-0.2, -0.15) is 0 Å². The van der Waals surface area contributed by atoms with Gasteiger partial charge in [0.15, 0.2) is 0 Å². The molecule has 7 nitrogen and oxygen atoms in total. The van der Waals surface area contributed by atoms with Crippen molar-refractivity contribution in [1.82, 2.24) is 10.2 Å². The van der Waals surface area contributed by atoms with Crippen molar-refractivity contribution in [3.8, 4) is 0 Å². The number of amides is 2. The first kappa shape index (κ1) is 15.0. The van der Waals surface area contributed by atoms with E-state index in [9.17, 15) is 19.5 Å². The number of benzene rings is 1. The van der Waals surface area contributed by atoms with E-state index in [4.69, 9.17) is 5.11 Å². The first-order valence-corrected chi connectivity index (χ1v) is 6.52. The summed E-state index contributed by atoms with van der Waals surface area (Å²) in [7, 11) is 0. The molecule has 2 rings (SSSR count). The molecule has 112 valence electrons. The number of aliphatic hydroxyl groups is 1. The molecule has 0 aliphatic carbocycles. The minimum atomic E-state index is -1.16. The van der Waals surface area contributed by atoms with E-state index in [0.717, 1.165) is 4.90 Å². The lowest BCUT2D eigenvalue weighted by Gasteiger charge is -2.21. The molecule has 0 spiro atoms. The van der Waals surface area contributed by atoms with Gasteiger partial charge in [-0.15, -0.1) is 0 Å². The monoisotopic (exact) mass is 292 g/mol. The highest BCUT2D eigenvalue weighted by molar-refractivity contribution is 5.96. The standard InChI is InChI=1S/C14H16N2O5/c17-10-6-11(14(20)21)16(8-10)12(18)7-15-13(19)9-4-2-1-3-5-9/h1-5,10-11,17H,6-8H2,(H,15,19)(H,20,21)/t10-,11-/m0/s1. The largest absolute Gasteiger partial charge is 0.480 e. The van der Waals surface area contributed by atoms with E-state index < -0.39 is 29.9 Å². The van der Waals surface area contributed by atoms with Crippen LogP contribution in [0.5, 0.6) is 0 Å². The molecule has 3 N–H and O–H groups in total. The maximum atomic E-state index is 12.0. The number of carbonyl (C=O) groups excluding carboxylic acids is 2. The maximum absolute atomic E-state index is 12.0. The normalized spacial score (nSPS) is 21.1. The fourth-order valence-corrected chi connectivity index (χ4v) is 2.27. The van der Waals surface area contributed by atoms with Crippen molar-refractivity contribution in [3.63, 3.8) is 0 Å². The van der Waals surface area contributed by atoms with E-state index in [2.05, 4.69) is 5.32 Å². The van der Waals surface area contributed by atoms with E-state index >= 15 is 0 Å². The zero-order chi connectivity index (χ0) is 15.4. The Hall–Kier alpha value is -2.41. The number of carboxylic acid groups (broad SMARTS) is 1. The van der Waals surface area contributed by atoms with Gasteiger partial charge in [-0.05, 0) is 12.1 Å². The summed E-state index contributed by atoms with van der Waals surface area (Å²) in [4.78, 5) is 35.9. The number of carbonyl (C=O) groups is 3. The summed E-state index contributed by atoms with van der Waals surface area (Å²) in [6.45, 7) is -0.332. The van der Waals surface area contributed by atoms with Gasteiger partial charge in [0.25, 0.3) is 5.91 Å². The first-order valence-electron chi connectivity index (χ1n) is 6.52. The second-order valence-electron chi connectivity index (χ2n) is 4.84. The van der Waals surface area contributed by atoms with Crippen molar-refractivity contribution in [1.29, 1.82) is 0 Å². The summed E-state index contributed by atoms with van der Waals surface area (Å²) in [5, 5.41) is 20.9. The van der Waals surface area contributed by atoms with Gasteiger partial charge < -0.3 is 20.4 Å². The third-order valence-electron chi connectivity index (χ3n) is 3.32. The van der Waals surface area contributed by atoms with Crippen LogP contribution in [0.1, 0.15) is 16.8 Å². The van der Waals surface area contributed by atoms with Crippen LogP contribution in [0.3, 0.4) is 0 Å². The van der Waals surface area contributed by atoms with Gasteiger partial charge in [0.2, 0.25) is 5.91 Å². The molecule has 1 aromatic carbocycles. The Kier molecular flexibility index (Phi) is 4.54. The van der Waals surface area contributed by atoms with Crippen LogP contribution in [0.15, 0.2) is 30.3 Å². The molecule has 0 unspecified atom stereocenters. The van der Waals surface area contributed by atoms with Crippen LogP contribution in [0.4, 0.5) is 0 Å². The van der Waals surface area contributed by atoms with E-state index in [0.29, 0.717) is 5.56 Å². The molecule has 1 aliphatic rings. The molecule has 2 amide bonds. The van der Waals surface area contributed by atoms with Crippen molar-refractivity contribution in [2.24, 2.45) is 0 Å². The fourth-order valence-electron chi connectivity index (χ4n) is 2.27. The Balaban J connectivity index is 1.92. The van der Waals surface area contributed by atoms with Gasteiger partial charge in [0.1, 0.15) is 6.04 Å². The Labute approximate surface area is 121 Å². The second-order valence-corrected chi connectivity index (χ2v) is 4.84. The number of β-amino-alcohol motifs (C(OH)–C–C–N with tert-alkyl or cyclic N) is 1. The minimum Gasteiger partial charge on any atom is -0.480 e. The third kappa shape index (κ3) is 3.57. The van der Waals surface area contributed by atoms with E-state index in [-0.39, 0.29) is 19.5 Å². The van der Waals surface area contributed by atoms with E-state index in [1.807, 2.05) is 0 Å². The number of nitrogens with zero attached hydrogens (tertiary/aromatic N) is 1. The SMILES string of the molecule is O=C(NCC(=O)N1C[C@@H](O)C[C@H]1C(=O)O)c1ccccc1. The molecular weight excluding hydrogens is 276 g/mol. The maximum Gasteiger partial charge on any atom is 0.326 e. The highest BCUT2D eigenvalue weighted by Crippen LogP contribution is 2.18. The summed E-state index contributed by atoms with van der Waals surface area (Å²) in [6.07, 6.45) is -0.840. The molecular formula is C14H16N2O5. The Morgan fingerprint density at radius 3 is 2.52 bits per heavy atom. The summed E-state index contributed by atoms with van der Waals surface area (Å²) >= 11 is 0. The fraction of sp³-hybridized carbons (Fsp3) is 0.357. The predicted molar refractivity (Wildman–Crippen MR) is 72.5 cm³/mol. The van der Waals surface area contributed by atoms with Gasteiger partial charge in [-0.1, -0.05) is 18.2 Å².